The van der Waals surface area contributed by atoms with Crippen molar-refractivity contribution in [2.45, 2.75) is 58.5 Å². The van der Waals surface area contributed by atoms with Crippen molar-refractivity contribution < 1.29 is 9.53 Å². The molecule has 5 nitrogen and oxygen atoms in total. The molecule has 0 saturated carbocycles. The molecule has 146 valence electrons. The van der Waals surface area contributed by atoms with Crippen LogP contribution in [-0.4, -0.2) is 34.9 Å². The summed E-state index contributed by atoms with van der Waals surface area (Å²) in [5.41, 5.74) is 3.49. The lowest BCUT2D eigenvalue weighted by molar-refractivity contribution is 0.0856. The Labute approximate surface area is 166 Å². The Morgan fingerprint density at radius 3 is 2.63 bits per heavy atom. The predicted molar refractivity (Wildman–Crippen MR) is 108 cm³/mol. The van der Waals surface area contributed by atoms with Gasteiger partial charge in [-0.15, -0.1) is 0 Å². The van der Waals surface area contributed by atoms with Gasteiger partial charge in [-0.05, 0) is 49.9 Å². The van der Waals surface area contributed by atoms with Gasteiger partial charge in [0.2, 0.25) is 0 Å². The van der Waals surface area contributed by atoms with Crippen molar-refractivity contribution in [1.29, 1.82) is 0 Å². The van der Waals surface area contributed by atoms with Crippen LogP contribution in [-0.2, 0) is 17.6 Å². The number of nitrogens with one attached hydrogen (secondary N) is 1. The van der Waals surface area contributed by atoms with E-state index in [1.807, 2.05) is 28.9 Å². The molecule has 1 N–H and O–H groups in total. The molecule has 1 aromatic heterocycles. The van der Waals surface area contributed by atoms with Crippen molar-refractivity contribution in [2.24, 2.45) is 0 Å². The summed E-state index contributed by atoms with van der Waals surface area (Å²) in [4.78, 5) is 13.1. The van der Waals surface area contributed by atoms with Crippen molar-refractivity contribution in [3.63, 3.8) is 0 Å². The van der Waals surface area contributed by atoms with Gasteiger partial charge >= 0.3 is 0 Å². The largest absolute Gasteiger partial charge is 0.376 e. The van der Waals surface area contributed by atoms with Crippen LogP contribution in [0.2, 0.25) is 5.02 Å². The zero-order valence-electron chi connectivity index (χ0n) is 16.1. The number of halogens is 1. The normalized spacial score (nSPS) is 16.6. The van der Waals surface area contributed by atoms with Gasteiger partial charge in [0.15, 0.2) is 0 Å². The van der Waals surface area contributed by atoms with E-state index in [1.165, 1.54) is 0 Å². The molecule has 1 saturated heterocycles. The third-order valence-corrected chi connectivity index (χ3v) is 5.09. The average Bonchev–Trinajstić information content (AvgIpc) is 3.30. The second kappa shape index (κ2) is 9.38. The lowest BCUT2D eigenvalue weighted by Crippen LogP contribution is -2.32. The quantitative estimate of drug-likeness (QED) is 0.730. The number of carbonyl (C=O) groups excluding carboxylic acids is 1. The number of benzene rings is 1. The molecule has 3 rings (SSSR count). The predicted octanol–water partition coefficient (Wildman–Crippen LogP) is 4.34. The number of hydrogen-bond acceptors (Lipinski definition) is 3. The van der Waals surface area contributed by atoms with E-state index >= 15 is 0 Å². The molecule has 1 aliphatic rings. The van der Waals surface area contributed by atoms with Crippen LogP contribution in [0, 0.1) is 0 Å². The van der Waals surface area contributed by atoms with Crippen molar-refractivity contribution >= 4 is 17.5 Å². The lowest BCUT2D eigenvalue weighted by atomic mass is 10.1. The molecule has 0 spiro atoms. The molecule has 1 fully saturated rings. The number of amides is 1. The Balaban J connectivity index is 1.93. The topological polar surface area (TPSA) is 56.2 Å². The summed E-state index contributed by atoms with van der Waals surface area (Å²) in [7, 11) is 0. The van der Waals surface area contributed by atoms with Crippen molar-refractivity contribution in [3.8, 4) is 5.69 Å². The first-order chi connectivity index (χ1) is 13.1. The highest BCUT2D eigenvalue weighted by atomic mass is 35.5. The molecular formula is C21H28ClN3O2. The van der Waals surface area contributed by atoms with Crippen molar-refractivity contribution in [3.05, 3.63) is 46.2 Å². The van der Waals surface area contributed by atoms with Crippen LogP contribution in [0.3, 0.4) is 0 Å². The van der Waals surface area contributed by atoms with Gasteiger partial charge in [0.25, 0.3) is 5.91 Å². The highest BCUT2D eigenvalue weighted by Gasteiger charge is 2.25. The van der Waals surface area contributed by atoms with Crippen LogP contribution >= 0.6 is 11.6 Å². The van der Waals surface area contributed by atoms with Crippen molar-refractivity contribution in [1.82, 2.24) is 15.1 Å². The summed E-state index contributed by atoms with van der Waals surface area (Å²) in [6.45, 7) is 5.57. The summed E-state index contributed by atoms with van der Waals surface area (Å²) in [5, 5.41) is 8.56. The fourth-order valence-corrected chi connectivity index (χ4v) is 3.67. The Morgan fingerprint density at radius 2 is 2.00 bits per heavy atom. The van der Waals surface area contributed by atoms with E-state index in [4.69, 9.17) is 21.4 Å². The first kappa shape index (κ1) is 19.9. The van der Waals surface area contributed by atoms with Crippen molar-refractivity contribution in [2.75, 3.05) is 13.2 Å². The van der Waals surface area contributed by atoms with Gasteiger partial charge in [-0.25, -0.2) is 4.68 Å². The summed E-state index contributed by atoms with van der Waals surface area (Å²) in [5.74, 6) is -0.0439. The maximum Gasteiger partial charge on any atom is 0.255 e. The van der Waals surface area contributed by atoms with Crippen LogP contribution in [0.15, 0.2) is 24.3 Å². The number of hydrogen-bond donors (Lipinski definition) is 1. The Bertz CT molecular complexity index is 764. The second-order valence-corrected chi connectivity index (χ2v) is 7.44. The number of aromatic nitrogens is 2. The van der Waals surface area contributed by atoms with E-state index in [-0.39, 0.29) is 12.0 Å². The van der Waals surface area contributed by atoms with E-state index in [2.05, 4.69) is 19.2 Å². The number of carbonyl (C=O) groups is 1. The fraction of sp³-hybridized carbons (Fsp3) is 0.524. The SMILES string of the molecule is CCCc1nn(-c2ccc(Cl)cc2)c(CCC)c1C(=O)NC[C@H]1CCCO1. The minimum atomic E-state index is -0.0439. The molecule has 1 aromatic carbocycles. The first-order valence-corrected chi connectivity index (χ1v) is 10.3. The van der Waals surface area contributed by atoms with Gasteiger partial charge < -0.3 is 10.1 Å². The van der Waals surface area contributed by atoms with Gasteiger partial charge in [-0.3, -0.25) is 4.79 Å². The summed E-state index contributed by atoms with van der Waals surface area (Å²) < 4.78 is 7.54. The van der Waals surface area contributed by atoms with Crippen LogP contribution in [0.5, 0.6) is 0 Å². The van der Waals surface area contributed by atoms with Gasteiger partial charge in [-0.1, -0.05) is 38.3 Å². The molecule has 1 amide bonds. The molecule has 0 radical (unpaired) electrons. The molecule has 1 atom stereocenters. The summed E-state index contributed by atoms with van der Waals surface area (Å²) in [6, 6.07) is 7.59. The zero-order valence-corrected chi connectivity index (χ0v) is 16.9. The van der Waals surface area contributed by atoms with Crippen LogP contribution in [0.25, 0.3) is 5.69 Å². The Hall–Kier alpha value is -1.85. The van der Waals surface area contributed by atoms with E-state index in [9.17, 15) is 4.79 Å². The maximum absolute atomic E-state index is 13.1. The van der Waals surface area contributed by atoms with E-state index in [0.29, 0.717) is 11.6 Å². The van der Waals surface area contributed by atoms with E-state index in [0.717, 1.165) is 67.8 Å². The van der Waals surface area contributed by atoms with E-state index < -0.39 is 0 Å². The number of ether oxygens (including phenoxy) is 1. The van der Waals surface area contributed by atoms with Crippen LogP contribution < -0.4 is 5.32 Å². The number of nitrogens with zero attached hydrogens (tertiary/aromatic N) is 2. The van der Waals surface area contributed by atoms with Crippen LogP contribution in [0.1, 0.15) is 61.3 Å². The first-order valence-electron chi connectivity index (χ1n) is 9.90. The van der Waals surface area contributed by atoms with Gasteiger partial charge in [0, 0.05) is 18.2 Å². The highest BCUT2D eigenvalue weighted by Crippen LogP contribution is 2.23. The Kier molecular flexibility index (Phi) is 6.91. The second-order valence-electron chi connectivity index (χ2n) is 7.00. The summed E-state index contributed by atoms with van der Waals surface area (Å²) in [6.07, 6.45) is 5.66. The molecular weight excluding hydrogens is 362 g/mol. The molecule has 1 aliphatic heterocycles. The van der Waals surface area contributed by atoms with Gasteiger partial charge in [0.1, 0.15) is 0 Å². The molecule has 0 bridgehead atoms. The maximum atomic E-state index is 13.1. The lowest BCUT2D eigenvalue weighted by Gasteiger charge is -2.12. The summed E-state index contributed by atoms with van der Waals surface area (Å²) >= 11 is 6.03. The fourth-order valence-electron chi connectivity index (χ4n) is 3.54. The molecule has 27 heavy (non-hydrogen) atoms. The van der Waals surface area contributed by atoms with Crippen LogP contribution in [0.4, 0.5) is 0 Å². The smallest absolute Gasteiger partial charge is 0.255 e. The Morgan fingerprint density at radius 1 is 1.26 bits per heavy atom. The number of rotatable bonds is 8. The minimum Gasteiger partial charge on any atom is -0.376 e. The van der Waals surface area contributed by atoms with E-state index in [1.54, 1.807) is 0 Å². The third-order valence-electron chi connectivity index (χ3n) is 4.84. The monoisotopic (exact) mass is 389 g/mol. The minimum absolute atomic E-state index is 0.0439. The highest BCUT2D eigenvalue weighted by molar-refractivity contribution is 6.30. The van der Waals surface area contributed by atoms with Gasteiger partial charge in [0.05, 0.1) is 28.7 Å². The third kappa shape index (κ3) is 4.71. The molecule has 6 heteroatoms. The van der Waals surface area contributed by atoms with Gasteiger partial charge in [-0.2, -0.15) is 5.10 Å². The zero-order chi connectivity index (χ0) is 19.2. The average molecular weight is 390 g/mol. The standard InChI is InChI=1S/C21H28ClN3O2/c1-3-6-18-20(21(26)23-14-17-8-5-13-27-17)19(7-4-2)25(24-18)16-11-9-15(22)10-12-16/h9-12,17H,3-8,13-14H2,1-2H3,(H,23,26)/t17-/m1/s1. The molecule has 2 heterocycles. The molecule has 0 aliphatic carbocycles. The molecule has 2 aromatic rings. The molecule has 0 unspecified atom stereocenters. The number of aryl methyl sites for hydroxylation is 1.